The Labute approximate surface area is 94.2 Å². The Hall–Kier alpha value is -0.580. The van der Waals surface area contributed by atoms with Gasteiger partial charge in [0.05, 0.1) is 6.42 Å². The van der Waals surface area contributed by atoms with Crippen molar-refractivity contribution in [2.45, 2.75) is 58.2 Å². The predicted octanol–water partition coefficient (Wildman–Crippen LogP) is 3.49. The molecule has 0 fully saturated rings. The first-order valence-electron chi connectivity index (χ1n) is 5.55. The largest absolute Gasteiger partial charge is 0.389 e. The maximum Gasteiger partial charge on any atom is 0.389 e. The summed E-state index contributed by atoms with van der Waals surface area (Å²) in [7, 11) is 0. The molecule has 0 aliphatic heterocycles. The summed E-state index contributed by atoms with van der Waals surface area (Å²) >= 11 is 0. The molecule has 0 radical (unpaired) electrons. The minimum absolute atomic E-state index is 0.333. The van der Waals surface area contributed by atoms with Gasteiger partial charge in [-0.1, -0.05) is 13.8 Å². The van der Waals surface area contributed by atoms with Crippen LogP contribution >= 0.6 is 0 Å². The molecule has 0 amide bonds. The fourth-order valence-electron chi connectivity index (χ4n) is 1.69. The molecule has 0 atom stereocenters. The van der Waals surface area contributed by atoms with E-state index in [9.17, 15) is 18.0 Å². The Morgan fingerprint density at radius 1 is 1.12 bits per heavy atom. The summed E-state index contributed by atoms with van der Waals surface area (Å²) in [5.74, 6) is -0.448. The Kier molecular flexibility index (Phi) is 6.00. The summed E-state index contributed by atoms with van der Waals surface area (Å²) in [6.07, 6.45) is -5.02. The van der Waals surface area contributed by atoms with Crippen molar-refractivity contribution in [2.75, 3.05) is 6.61 Å². The van der Waals surface area contributed by atoms with E-state index >= 15 is 0 Å². The van der Waals surface area contributed by atoms with E-state index in [-0.39, 0.29) is 0 Å². The number of hydrogen-bond acceptors (Lipinski definition) is 2. The number of carbonyl (C=O) groups excluding carboxylic acids is 1. The number of halogens is 3. The average Bonchev–Trinajstić information content (AvgIpc) is 2.21. The lowest BCUT2D eigenvalue weighted by molar-refractivity contribution is -0.157. The lowest BCUT2D eigenvalue weighted by Crippen LogP contribution is -2.41. The van der Waals surface area contributed by atoms with Crippen molar-refractivity contribution in [2.24, 2.45) is 0 Å². The van der Waals surface area contributed by atoms with Crippen LogP contribution in [0.1, 0.15) is 46.5 Å². The van der Waals surface area contributed by atoms with Crippen molar-refractivity contribution in [3.63, 3.8) is 0 Å². The van der Waals surface area contributed by atoms with Gasteiger partial charge in [-0.05, 0) is 19.8 Å². The fraction of sp³-hybridized carbons (Fsp3) is 0.909. The second-order valence-electron chi connectivity index (χ2n) is 3.67. The monoisotopic (exact) mass is 240 g/mol. The molecule has 2 nitrogen and oxygen atoms in total. The highest BCUT2D eigenvalue weighted by Crippen LogP contribution is 2.28. The van der Waals surface area contributed by atoms with E-state index < -0.39 is 30.4 Å². The van der Waals surface area contributed by atoms with Crippen molar-refractivity contribution in [3.05, 3.63) is 0 Å². The molecule has 16 heavy (non-hydrogen) atoms. The maximum atomic E-state index is 12.0. The molecule has 0 aromatic heterocycles. The Morgan fingerprint density at radius 3 is 1.94 bits per heavy atom. The van der Waals surface area contributed by atoms with Crippen LogP contribution in [0.3, 0.4) is 0 Å². The smallest absolute Gasteiger partial charge is 0.368 e. The minimum atomic E-state index is -4.28. The number of ketones is 1. The van der Waals surface area contributed by atoms with Gasteiger partial charge in [0.2, 0.25) is 0 Å². The highest BCUT2D eigenvalue weighted by Gasteiger charge is 2.37. The Balaban J connectivity index is 4.50. The van der Waals surface area contributed by atoms with Gasteiger partial charge in [-0.25, -0.2) is 0 Å². The summed E-state index contributed by atoms with van der Waals surface area (Å²) < 4.78 is 41.4. The zero-order valence-electron chi connectivity index (χ0n) is 9.99. The number of rotatable bonds is 7. The second kappa shape index (κ2) is 6.23. The summed E-state index contributed by atoms with van der Waals surface area (Å²) in [5, 5.41) is 0. The van der Waals surface area contributed by atoms with Crippen molar-refractivity contribution in [1.29, 1.82) is 0 Å². The third-order valence-electron chi connectivity index (χ3n) is 2.71. The lowest BCUT2D eigenvalue weighted by atomic mass is 9.89. The van der Waals surface area contributed by atoms with E-state index in [4.69, 9.17) is 4.74 Å². The standard InChI is InChI=1S/C11H19F3O2/c1-4-10(5-2,16-6-3)9(15)7-8-11(12,13)14/h4-8H2,1-3H3. The number of Topliss-reactive ketones (excluding diaryl/α,β-unsaturated/α-hetero) is 1. The molecule has 0 unspecified atom stereocenters. The van der Waals surface area contributed by atoms with Crippen LogP contribution in [0, 0.1) is 0 Å². The van der Waals surface area contributed by atoms with Crippen LogP contribution < -0.4 is 0 Å². The molecule has 5 heteroatoms. The van der Waals surface area contributed by atoms with E-state index in [1.807, 2.05) is 0 Å². The Morgan fingerprint density at radius 2 is 1.62 bits per heavy atom. The molecule has 0 aromatic carbocycles. The zero-order chi connectivity index (χ0) is 12.8. The van der Waals surface area contributed by atoms with Crippen LogP contribution in [0.25, 0.3) is 0 Å². The van der Waals surface area contributed by atoms with Crippen LogP contribution in [-0.2, 0) is 9.53 Å². The van der Waals surface area contributed by atoms with Gasteiger partial charge in [0.1, 0.15) is 5.60 Å². The average molecular weight is 240 g/mol. The highest BCUT2D eigenvalue weighted by molar-refractivity contribution is 5.87. The molecule has 0 aromatic rings. The molecule has 0 N–H and O–H groups in total. The van der Waals surface area contributed by atoms with Gasteiger partial charge in [0.15, 0.2) is 5.78 Å². The van der Waals surface area contributed by atoms with Crippen LogP contribution in [-0.4, -0.2) is 24.2 Å². The third kappa shape index (κ3) is 4.51. The third-order valence-corrected chi connectivity index (χ3v) is 2.71. The fourth-order valence-corrected chi connectivity index (χ4v) is 1.69. The van der Waals surface area contributed by atoms with Crippen LogP contribution in [0.5, 0.6) is 0 Å². The number of carbonyl (C=O) groups is 1. The Bertz CT molecular complexity index is 220. The molecule has 96 valence electrons. The van der Waals surface area contributed by atoms with E-state index in [0.29, 0.717) is 19.4 Å². The normalized spacial score (nSPS) is 12.9. The van der Waals surface area contributed by atoms with E-state index in [1.54, 1.807) is 20.8 Å². The number of ether oxygens (including phenoxy) is 1. The van der Waals surface area contributed by atoms with Gasteiger partial charge in [-0.3, -0.25) is 4.79 Å². The first-order valence-corrected chi connectivity index (χ1v) is 5.55. The summed E-state index contributed by atoms with van der Waals surface area (Å²) in [6, 6.07) is 0. The van der Waals surface area contributed by atoms with Gasteiger partial charge in [-0.15, -0.1) is 0 Å². The first-order chi connectivity index (χ1) is 7.31. The number of hydrogen-bond donors (Lipinski definition) is 0. The van der Waals surface area contributed by atoms with Crippen molar-refractivity contribution in [3.8, 4) is 0 Å². The maximum absolute atomic E-state index is 12.0. The molecule has 0 spiro atoms. The van der Waals surface area contributed by atoms with Crippen LogP contribution in [0.2, 0.25) is 0 Å². The lowest BCUT2D eigenvalue weighted by Gasteiger charge is -2.30. The summed E-state index contributed by atoms with van der Waals surface area (Å²) in [5.41, 5.74) is -1.03. The predicted molar refractivity (Wildman–Crippen MR) is 55.2 cm³/mol. The van der Waals surface area contributed by atoms with Gasteiger partial charge < -0.3 is 4.74 Å². The van der Waals surface area contributed by atoms with Gasteiger partial charge in [-0.2, -0.15) is 13.2 Å². The van der Waals surface area contributed by atoms with Gasteiger partial charge in [0, 0.05) is 13.0 Å². The molecule has 0 heterocycles. The molecule has 0 saturated heterocycles. The van der Waals surface area contributed by atoms with Crippen LogP contribution in [0.15, 0.2) is 0 Å². The molecule has 0 aliphatic rings. The van der Waals surface area contributed by atoms with Crippen molar-refractivity contribution < 1.29 is 22.7 Å². The van der Waals surface area contributed by atoms with Gasteiger partial charge >= 0.3 is 6.18 Å². The minimum Gasteiger partial charge on any atom is -0.368 e. The zero-order valence-corrected chi connectivity index (χ0v) is 9.99. The van der Waals surface area contributed by atoms with Crippen molar-refractivity contribution >= 4 is 5.78 Å². The summed E-state index contributed by atoms with van der Waals surface area (Å²) in [6.45, 7) is 5.58. The van der Waals surface area contributed by atoms with Gasteiger partial charge in [0.25, 0.3) is 0 Å². The molecular weight excluding hydrogens is 221 g/mol. The summed E-state index contributed by atoms with van der Waals surface area (Å²) in [4.78, 5) is 11.7. The molecule has 0 rings (SSSR count). The van der Waals surface area contributed by atoms with Crippen LogP contribution in [0.4, 0.5) is 13.2 Å². The second-order valence-corrected chi connectivity index (χ2v) is 3.67. The first kappa shape index (κ1) is 15.4. The molecule has 0 aliphatic carbocycles. The quantitative estimate of drug-likeness (QED) is 0.680. The molecule has 0 saturated carbocycles. The van der Waals surface area contributed by atoms with E-state index in [0.717, 1.165) is 0 Å². The SMILES string of the molecule is CCOC(CC)(CC)C(=O)CCC(F)(F)F. The molecule has 0 bridgehead atoms. The highest BCUT2D eigenvalue weighted by atomic mass is 19.4. The number of alkyl halides is 3. The molecular formula is C11H19F3O2. The van der Waals surface area contributed by atoms with E-state index in [1.165, 1.54) is 0 Å². The van der Waals surface area contributed by atoms with Crippen molar-refractivity contribution in [1.82, 2.24) is 0 Å². The van der Waals surface area contributed by atoms with E-state index in [2.05, 4.69) is 0 Å². The topological polar surface area (TPSA) is 26.3 Å².